The van der Waals surface area contributed by atoms with E-state index in [0.29, 0.717) is 33.6 Å². The number of fused-ring (bicyclic) bond motifs is 1. The third-order valence-corrected chi connectivity index (χ3v) is 6.61. The predicted octanol–water partition coefficient (Wildman–Crippen LogP) is 6.60. The van der Waals surface area contributed by atoms with E-state index in [4.69, 9.17) is 14.2 Å². The Hall–Kier alpha value is -5.37. The van der Waals surface area contributed by atoms with E-state index >= 15 is 0 Å². The topological polar surface area (TPSA) is 95.9 Å². The molecule has 8 nitrogen and oxygen atoms in total. The smallest absolute Gasteiger partial charge is 0.345 e. The van der Waals surface area contributed by atoms with Gasteiger partial charge in [0.1, 0.15) is 11.5 Å². The number of benzene rings is 4. The molecule has 0 aliphatic rings. The van der Waals surface area contributed by atoms with Crippen LogP contribution in [-0.2, 0) is 4.74 Å². The van der Waals surface area contributed by atoms with Crippen molar-refractivity contribution >= 4 is 34.4 Å². The second kappa shape index (κ2) is 11.8. The molecular weight excluding hydrogens is 520 g/mol. The predicted molar refractivity (Wildman–Crippen MR) is 156 cm³/mol. The Kier molecular flexibility index (Phi) is 7.83. The Bertz CT molecular complexity index is 1760. The number of methoxy groups -OCH3 is 1. The Morgan fingerprint density at radius 3 is 2.32 bits per heavy atom. The highest BCUT2D eigenvalue weighted by Gasteiger charge is 2.23. The molecule has 4 aromatic carbocycles. The van der Waals surface area contributed by atoms with Crippen LogP contribution in [0, 0.1) is 6.92 Å². The van der Waals surface area contributed by atoms with Gasteiger partial charge in [-0.05, 0) is 74.5 Å². The van der Waals surface area contributed by atoms with Crippen LogP contribution in [-0.4, -0.2) is 36.1 Å². The molecule has 8 heteroatoms. The minimum absolute atomic E-state index is 0.174. The van der Waals surface area contributed by atoms with E-state index in [-0.39, 0.29) is 17.9 Å². The van der Waals surface area contributed by atoms with Gasteiger partial charge < -0.3 is 24.1 Å². The molecule has 0 aliphatic carbocycles. The summed E-state index contributed by atoms with van der Waals surface area (Å²) >= 11 is 0. The number of carbonyl (C=O) groups is 3. The Labute approximate surface area is 237 Å². The molecule has 0 spiro atoms. The van der Waals surface area contributed by atoms with Gasteiger partial charge in [-0.1, -0.05) is 36.4 Å². The second-order valence-corrected chi connectivity index (χ2v) is 9.15. The van der Waals surface area contributed by atoms with Crippen LogP contribution in [0.5, 0.6) is 11.5 Å². The molecule has 1 N–H and O–H groups in total. The lowest BCUT2D eigenvalue weighted by molar-refractivity contribution is 0.0527. The van der Waals surface area contributed by atoms with Crippen LogP contribution in [0.15, 0.2) is 97.1 Å². The molecule has 0 aliphatic heterocycles. The zero-order valence-electron chi connectivity index (χ0n) is 22.8. The van der Waals surface area contributed by atoms with Crippen molar-refractivity contribution < 1.29 is 28.6 Å². The summed E-state index contributed by atoms with van der Waals surface area (Å²) in [5, 5.41) is 3.37. The number of nitrogens with one attached hydrogen (secondary N) is 1. The third-order valence-electron chi connectivity index (χ3n) is 6.61. The van der Waals surface area contributed by atoms with Crippen molar-refractivity contribution in [2.24, 2.45) is 0 Å². The van der Waals surface area contributed by atoms with Crippen molar-refractivity contribution in [3.63, 3.8) is 0 Å². The first-order valence-corrected chi connectivity index (χ1v) is 13.1. The Balaban J connectivity index is 1.47. The highest BCUT2D eigenvalue weighted by atomic mass is 16.5. The fourth-order valence-electron chi connectivity index (χ4n) is 4.72. The molecule has 1 aromatic heterocycles. The fraction of sp³-hybridized carbons (Fsp3) is 0.121. The van der Waals surface area contributed by atoms with Crippen LogP contribution in [0.4, 0.5) is 5.69 Å². The summed E-state index contributed by atoms with van der Waals surface area (Å²) in [5.74, 6) is -0.740. The van der Waals surface area contributed by atoms with Crippen LogP contribution in [0.25, 0.3) is 16.6 Å². The van der Waals surface area contributed by atoms with Crippen LogP contribution < -0.4 is 14.8 Å². The average Bonchev–Trinajstić information content (AvgIpc) is 3.28. The molecule has 0 unspecified atom stereocenters. The molecule has 0 saturated heterocycles. The van der Waals surface area contributed by atoms with Gasteiger partial charge in [0.2, 0.25) is 0 Å². The number of rotatable bonds is 8. The van der Waals surface area contributed by atoms with Crippen LogP contribution >= 0.6 is 0 Å². The van der Waals surface area contributed by atoms with E-state index in [1.54, 1.807) is 73.7 Å². The third kappa shape index (κ3) is 5.53. The highest BCUT2D eigenvalue weighted by molar-refractivity contribution is 6.09. The number of esters is 2. The van der Waals surface area contributed by atoms with Crippen molar-refractivity contribution in [2.45, 2.75) is 13.8 Å². The van der Waals surface area contributed by atoms with Crippen molar-refractivity contribution in [1.82, 2.24) is 4.57 Å². The molecule has 0 bridgehead atoms. The first-order chi connectivity index (χ1) is 19.9. The number of hydrogen-bond donors (Lipinski definition) is 1. The van der Waals surface area contributed by atoms with Crippen LogP contribution in [0.3, 0.4) is 0 Å². The molecule has 0 saturated carbocycles. The van der Waals surface area contributed by atoms with E-state index in [9.17, 15) is 14.4 Å². The number of nitrogens with zero attached hydrogens (tertiary/aromatic N) is 1. The maximum atomic E-state index is 13.3. The first-order valence-electron chi connectivity index (χ1n) is 13.1. The minimum Gasteiger partial charge on any atom is -0.497 e. The summed E-state index contributed by atoms with van der Waals surface area (Å²) in [6, 6.07) is 28.1. The van der Waals surface area contributed by atoms with Gasteiger partial charge >= 0.3 is 11.9 Å². The number of carbonyl (C=O) groups excluding carboxylic acids is 3. The van der Waals surface area contributed by atoms with E-state index in [1.807, 2.05) is 41.8 Å². The summed E-state index contributed by atoms with van der Waals surface area (Å²) in [7, 11) is 1.52. The van der Waals surface area contributed by atoms with Crippen molar-refractivity contribution in [3.8, 4) is 17.2 Å². The molecule has 0 radical (unpaired) electrons. The van der Waals surface area contributed by atoms with Gasteiger partial charge in [0, 0.05) is 22.3 Å². The van der Waals surface area contributed by atoms with Gasteiger partial charge in [-0.15, -0.1) is 0 Å². The summed E-state index contributed by atoms with van der Waals surface area (Å²) in [4.78, 5) is 39.2. The highest BCUT2D eigenvalue weighted by Crippen LogP contribution is 2.33. The number of ether oxygens (including phenoxy) is 3. The average molecular weight is 549 g/mol. The van der Waals surface area contributed by atoms with Gasteiger partial charge in [-0.2, -0.15) is 0 Å². The van der Waals surface area contributed by atoms with E-state index in [0.717, 1.165) is 11.2 Å². The summed E-state index contributed by atoms with van der Waals surface area (Å²) < 4.78 is 18.3. The molecule has 0 fully saturated rings. The fourth-order valence-corrected chi connectivity index (χ4v) is 4.72. The van der Waals surface area contributed by atoms with E-state index < -0.39 is 17.8 Å². The maximum absolute atomic E-state index is 13.3. The number of anilines is 1. The minimum atomic E-state index is -0.664. The molecule has 1 amide bonds. The quantitative estimate of drug-likeness (QED) is 0.174. The Morgan fingerprint density at radius 2 is 1.56 bits per heavy atom. The molecule has 41 heavy (non-hydrogen) atoms. The standard InChI is InChI=1S/C33H28N2O6/c1-4-40-33(38)30-21(2)35(23-12-6-5-7-13-23)29-18-17-25(20-27(29)30)41-32(37)26-15-8-9-16-28(26)34-31(36)22-11-10-14-24(19-22)39-3/h5-20H,4H2,1-3H3,(H,34,36). The van der Waals surface area contributed by atoms with Crippen molar-refractivity contribution in [2.75, 3.05) is 19.0 Å². The normalized spacial score (nSPS) is 10.7. The van der Waals surface area contributed by atoms with Gasteiger partial charge in [0.15, 0.2) is 0 Å². The number of para-hydroxylation sites is 2. The van der Waals surface area contributed by atoms with Gasteiger partial charge in [0.25, 0.3) is 5.91 Å². The monoisotopic (exact) mass is 548 g/mol. The lowest BCUT2D eigenvalue weighted by atomic mass is 10.1. The first kappa shape index (κ1) is 27.2. The number of hydrogen-bond acceptors (Lipinski definition) is 6. The van der Waals surface area contributed by atoms with Crippen molar-refractivity contribution in [3.05, 3.63) is 119 Å². The van der Waals surface area contributed by atoms with E-state index in [2.05, 4.69) is 5.32 Å². The van der Waals surface area contributed by atoms with Gasteiger partial charge in [-0.25, -0.2) is 9.59 Å². The summed E-state index contributed by atoms with van der Waals surface area (Å²) in [6.45, 7) is 3.83. The molecule has 206 valence electrons. The summed E-state index contributed by atoms with van der Waals surface area (Å²) in [5.41, 5.74) is 3.60. The zero-order valence-corrected chi connectivity index (χ0v) is 22.8. The molecule has 1 heterocycles. The van der Waals surface area contributed by atoms with Crippen molar-refractivity contribution in [1.29, 1.82) is 0 Å². The lowest BCUT2D eigenvalue weighted by Gasteiger charge is -2.12. The largest absolute Gasteiger partial charge is 0.497 e. The summed E-state index contributed by atoms with van der Waals surface area (Å²) in [6.07, 6.45) is 0. The molecule has 0 atom stereocenters. The van der Waals surface area contributed by atoms with Crippen LogP contribution in [0.1, 0.15) is 43.7 Å². The lowest BCUT2D eigenvalue weighted by Crippen LogP contribution is -2.17. The zero-order chi connectivity index (χ0) is 28.9. The molecule has 5 rings (SSSR count). The van der Waals surface area contributed by atoms with Gasteiger partial charge in [0.05, 0.1) is 36.0 Å². The number of amides is 1. The molecule has 5 aromatic rings. The van der Waals surface area contributed by atoms with Gasteiger partial charge in [-0.3, -0.25) is 4.79 Å². The SMILES string of the molecule is CCOC(=O)c1c(C)n(-c2ccccc2)c2ccc(OC(=O)c3ccccc3NC(=O)c3cccc(OC)c3)cc12. The Morgan fingerprint density at radius 1 is 0.805 bits per heavy atom. The molecular formula is C33H28N2O6. The maximum Gasteiger partial charge on any atom is 0.345 e. The second-order valence-electron chi connectivity index (χ2n) is 9.15. The number of aromatic nitrogens is 1. The van der Waals surface area contributed by atoms with E-state index in [1.165, 1.54) is 7.11 Å². The van der Waals surface area contributed by atoms with Crippen LogP contribution in [0.2, 0.25) is 0 Å².